The molecule has 2 aromatic carbocycles. The zero-order chi connectivity index (χ0) is 21.0. The Morgan fingerprint density at radius 2 is 1.97 bits per heavy atom. The van der Waals surface area contributed by atoms with Crippen molar-refractivity contribution in [1.29, 1.82) is 0 Å². The lowest BCUT2D eigenvalue weighted by molar-refractivity contribution is -0.122. The van der Waals surface area contributed by atoms with Gasteiger partial charge in [-0.2, -0.15) is 0 Å². The summed E-state index contributed by atoms with van der Waals surface area (Å²) in [6.07, 6.45) is 2.31. The number of amides is 2. The number of carbonyl (C=O) groups is 2. The van der Waals surface area contributed by atoms with Crippen molar-refractivity contribution in [3.05, 3.63) is 68.8 Å². The molecule has 2 aromatic rings. The van der Waals surface area contributed by atoms with Crippen LogP contribution in [0.3, 0.4) is 0 Å². The quantitative estimate of drug-likeness (QED) is 0.432. The van der Waals surface area contributed by atoms with Gasteiger partial charge in [0.25, 0.3) is 5.91 Å². The molecule has 0 aromatic heterocycles. The van der Waals surface area contributed by atoms with Crippen LogP contribution in [0.5, 0.6) is 0 Å². The number of carbonyl (C=O) groups excluding carboxylic acids is 2. The predicted molar refractivity (Wildman–Crippen MR) is 121 cm³/mol. The molecule has 0 spiro atoms. The first-order chi connectivity index (χ1) is 13.8. The second kappa shape index (κ2) is 9.71. The van der Waals surface area contributed by atoms with Crippen LogP contribution in [-0.2, 0) is 9.59 Å². The van der Waals surface area contributed by atoms with E-state index in [0.29, 0.717) is 32.9 Å². The lowest BCUT2D eigenvalue weighted by atomic mass is 10.2. The fraction of sp³-hybridized carbons (Fsp3) is 0.150. The van der Waals surface area contributed by atoms with Gasteiger partial charge in [-0.3, -0.25) is 14.5 Å². The average molecular weight is 469 g/mol. The highest BCUT2D eigenvalue weighted by Crippen LogP contribution is 2.33. The number of thiocarbonyl (C=S) groups is 1. The second-order valence-electron chi connectivity index (χ2n) is 6.14. The maximum atomic E-state index is 13.2. The van der Waals surface area contributed by atoms with Crippen molar-refractivity contribution in [3.63, 3.8) is 0 Å². The molecule has 0 bridgehead atoms. The first-order valence-corrected chi connectivity index (χ1v) is 10.6. The van der Waals surface area contributed by atoms with Gasteiger partial charge in [0.2, 0.25) is 5.91 Å². The molecule has 1 aliphatic heterocycles. The monoisotopic (exact) mass is 468 g/mol. The highest BCUT2D eigenvalue weighted by molar-refractivity contribution is 8.26. The normalized spacial score (nSPS) is 15.3. The Labute approximate surface area is 187 Å². The van der Waals surface area contributed by atoms with Gasteiger partial charge >= 0.3 is 0 Å². The molecule has 0 atom stereocenters. The molecule has 2 amide bonds. The first kappa shape index (κ1) is 21.8. The van der Waals surface area contributed by atoms with Crippen LogP contribution in [0.25, 0.3) is 6.08 Å². The maximum Gasteiger partial charge on any atom is 0.266 e. The van der Waals surface area contributed by atoms with Gasteiger partial charge in [-0.25, -0.2) is 4.39 Å². The molecule has 1 N–H and O–H groups in total. The molecule has 29 heavy (non-hydrogen) atoms. The molecule has 150 valence electrons. The molecule has 1 saturated heterocycles. The Hall–Kier alpha value is -1.93. The van der Waals surface area contributed by atoms with Crippen LogP contribution in [0.15, 0.2) is 47.4 Å². The number of hydrogen-bond donors (Lipinski definition) is 1. The van der Waals surface area contributed by atoms with Crippen molar-refractivity contribution < 1.29 is 14.0 Å². The van der Waals surface area contributed by atoms with Crippen LogP contribution in [0, 0.1) is 5.82 Å². The molecule has 1 heterocycles. The molecule has 1 fully saturated rings. The Bertz CT molecular complexity index is 1010. The van der Waals surface area contributed by atoms with Gasteiger partial charge in [-0.05, 0) is 42.3 Å². The molecule has 3 rings (SSSR count). The summed E-state index contributed by atoms with van der Waals surface area (Å²) in [5.74, 6) is -1.01. The third kappa shape index (κ3) is 5.57. The number of benzene rings is 2. The van der Waals surface area contributed by atoms with Crippen LogP contribution in [0.4, 0.5) is 10.1 Å². The summed E-state index contributed by atoms with van der Waals surface area (Å²) in [6, 6.07) is 11.2. The summed E-state index contributed by atoms with van der Waals surface area (Å²) in [7, 11) is 0. The van der Waals surface area contributed by atoms with Gasteiger partial charge in [-0.15, -0.1) is 0 Å². The fourth-order valence-corrected chi connectivity index (χ4v) is 4.29. The Morgan fingerprint density at radius 1 is 1.21 bits per heavy atom. The van der Waals surface area contributed by atoms with Crippen molar-refractivity contribution in [2.45, 2.75) is 12.8 Å². The molecule has 0 unspecified atom stereocenters. The molecule has 0 saturated carbocycles. The van der Waals surface area contributed by atoms with Crippen molar-refractivity contribution in [2.24, 2.45) is 0 Å². The van der Waals surface area contributed by atoms with E-state index in [1.807, 2.05) is 18.2 Å². The number of rotatable bonds is 6. The molecule has 4 nitrogen and oxygen atoms in total. The van der Waals surface area contributed by atoms with E-state index in [9.17, 15) is 14.0 Å². The summed E-state index contributed by atoms with van der Waals surface area (Å²) < 4.78 is 13.6. The van der Waals surface area contributed by atoms with E-state index < -0.39 is 5.82 Å². The molecular weight excluding hydrogens is 454 g/mol. The van der Waals surface area contributed by atoms with Crippen LogP contribution < -0.4 is 5.32 Å². The molecular formula is C20H15Cl2FN2O2S2. The molecule has 0 aliphatic carbocycles. The fourth-order valence-electron chi connectivity index (χ4n) is 2.62. The first-order valence-electron chi connectivity index (χ1n) is 8.60. The zero-order valence-electron chi connectivity index (χ0n) is 15.0. The lowest BCUT2D eigenvalue weighted by Crippen LogP contribution is -2.29. The van der Waals surface area contributed by atoms with Crippen molar-refractivity contribution in [3.8, 4) is 0 Å². The molecule has 9 heteroatoms. The van der Waals surface area contributed by atoms with Gasteiger partial charge in [0, 0.05) is 23.7 Å². The SMILES string of the molecule is O=C(CCCN1C(=O)/C(=C\c2ccccc2Cl)SC1=S)Nc1ccc(F)c(Cl)c1. The largest absolute Gasteiger partial charge is 0.326 e. The van der Waals surface area contributed by atoms with Crippen LogP contribution in [0.1, 0.15) is 18.4 Å². The summed E-state index contributed by atoms with van der Waals surface area (Å²) in [6.45, 7) is 0.322. The van der Waals surface area contributed by atoms with Crippen LogP contribution in [-0.4, -0.2) is 27.6 Å². The van der Waals surface area contributed by atoms with Gasteiger partial charge in [-0.1, -0.05) is 65.4 Å². The van der Waals surface area contributed by atoms with E-state index in [1.165, 1.54) is 34.9 Å². The number of nitrogens with zero attached hydrogens (tertiary/aromatic N) is 1. The van der Waals surface area contributed by atoms with E-state index in [-0.39, 0.29) is 23.3 Å². The Balaban J connectivity index is 1.54. The summed E-state index contributed by atoms with van der Waals surface area (Å²) in [4.78, 5) is 26.7. The third-order valence-corrected chi connectivity index (χ3v) is 6.07. The highest BCUT2D eigenvalue weighted by Gasteiger charge is 2.31. The summed E-state index contributed by atoms with van der Waals surface area (Å²) in [5.41, 5.74) is 1.15. The Kier molecular flexibility index (Phi) is 7.29. The van der Waals surface area contributed by atoms with Gasteiger partial charge < -0.3 is 5.32 Å². The lowest BCUT2D eigenvalue weighted by Gasteiger charge is -2.14. The van der Waals surface area contributed by atoms with Crippen molar-refractivity contribution >= 4 is 75.1 Å². The van der Waals surface area contributed by atoms with Crippen molar-refractivity contribution in [2.75, 3.05) is 11.9 Å². The van der Waals surface area contributed by atoms with E-state index in [0.717, 1.165) is 5.56 Å². The average Bonchev–Trinajstić information content (AvgIpc) is 2.94. The van der Waals surface area contributed by atoms with E-state index in [4.69, 9.17) is 35.4 Å². The zero-order valence-corrected chi connectivity index (χ0v) is 18.1. The van der Waals surface area contributed by atoms with E-state index in [1.54, 1.807) is 12.1 Å². The van der Waals surface area contributed by atoms with Gasteiger partial charge in [0.15, 0.2) is 0 Å². The smallest absolute Gasteiger partial charge is 0.266 e. The van der Waals surface area contributed by atoms with E-state index >= 15 is 0 Å². The number of anilines is 1. The Morgan fingerprint density at radius 3 is 2.69 bits per heavy atom. The second-order valence-corrected chi connectivity index (χ2v) is 8.63. The van der Waals surface area contributed by atoms with Crippen LogP contribution >= 0.6 is 47.2 Å². The number of thioether (sulfide) groups is 1. The third-order valence-electron chi connectivity index (χ3n) is 4.05. The minimum absolute atomic E-state index is 0.0642. The predicted octanol–water partition coefficient (Wildman–Crippen LogP) is 5.75. The number of halogens is 3. The van der Waals surface area contributed by atoms with E-state index in [2.05, 4.69) is 5.32 Å². The molecule has 1 aliphatic rings. The molecule has 0 radical (unpaired) electrons. The highest BCUT2D eigenvalue weighted by atomic mass is 35.5. The topological polar surface area (TPSA) is 49.4 Å². The number of nitrogens with one attached hydrogen (secondary N) is 1. The maximum absolute atomic E-state index is 13.2. The minimum Gasteiger partial charge on any atom is -0.326 e. The minimum atomic E-state index is -0.552. The standard InChI is InChI=1S/C20H15Cl2FN2O2S2/c21-14-5-2-1-4-12(14)10-17-19(27)25(20(28)29-17)9-3-6-18(26)24-13-7-8-16(23)15(22)11-13/h1-2,4-5,7-8,10-11H,3,6,9H2,(H,24,26)/b17-10+. The van der Waals surface area contributed by atoms with Gasteiger partial charge in [0.1, 0.15) is 10.1 Å². The summed E-state index contributed by atoms with van der Waals surface area (Å²) >= 11 is 18.3. The summed E-state index contributed by atoms with van der Waals surface area (Å²) in [5, 5.41) is 3.13. The van der Waals surface area contributed by atoms with Crippen molar-refractivity contribution in [1.82, 2.24) is 4.90 Å². The van der Waals surface area contributed by atoms with Crippen LogP contribution in [0.2, 0.25) is 10.0 Å². The van der Waals surface area contributed by atoms with Gasteiger partial charge in [0.05, 0.1) is 9.93 Å². The number of hydrogen-bond acceptors (Lipinski definition) is 4.